The zero-order valence-electron chi connectivity index (χ0n) is 16.6. The van der Waals surface area contributed by atoms with E-state index in [1.165, 1.54) is 35.6 Å². The Labute approximate surface area is 177 Å². The normalized spacial score (nSPS) is 13.8. The van der Waals surface area contributed by atoms with Crippen molar-refractivity contribution in [2.75, 3.05) is 25.5 Å². The van der Waals surface area contributed by atoms with Gasteiger partial charge in [-0.2, -0.15) is 0 Å². The van der Waals surface area contributed by atoms with Crippen LogP contribution in [0.25, 0.3) is 15.8 Å². The zero-order chi connectivity index (χ0) is 21.3. The van der Waals surface area contributed by atoms with E-state index >= 15 is 0 Å². The summed E-state index contributed by atoms with van der Waals surface area (Å²) < 4.78 is 19.5. The molecule has 1 N–H and O–H groups in total. The first-order valence-electron chi connectivity index (χ1n) is 9.45. The molecule has 2 amide bonds. The molecule has 2 aromatic carbocycles. The van der Waals surface area contributed by atoms with Gasteiger partial charge >= 0.3 is 0 Å². The summed E-state index contributed by atoms with van der Waals surface area (Å²) in [4.78, 5) is 30.4. The van der Waals surface area contributed by atoms with Crippen LogP contribution in [0.15, 0.2) is 42.5 Å². The summed E-state index contributed by atoms with van der Waals surface area (Å²) in [6, 6.07) is 9.19. The molecule has 0 saturated heterocycles. The highest BCUT2D eigenvalue weighted by atomic mass is 32.1. The number of anilines is 1. The lowest BCUT2D eigenvalue weighted by molar-refractivity contribution is -0.128. The largest absolute Gasteiger partial charge is 0.494 e. The van der Waals surface area contributed by atoms with Gasteiger partial charge in [0.2, 0.25) is 5.91 Å². The number of methoxy groups -OCH3 is 1. The number of amides is 2. The molecule has 1 aliphatic heterocycles. The van der Waals surface area contributed by atoms with Gasteiger partial charge in [-0.1, -0.05) is 17.4 Å². The van der Waals surface area contributed by atoms with Gasteiger partial charge in [-0.15, -0.1) is 0 Å². The third-order valence-electron chi connectivity index (χ3n) is 5.05. The van der Waals surface area contributed by atoms with E-state index in [4.69, 9.17) is 4.74 Å². The van der Waals surface area contributed by atoms with Gasteiger partial charge in [-0.3, -0.25) is 14.9 Å². The maximum Gasteiger partial charge on any atom is 0.257 e. The van der Waals surface area contributed by atoms with Crippen molar-refractivity contribution >= 4 is 44.1 Å². The number of nitrogens with one attached hydrogen (secondary N) is 1. The highest BCUT2D eigenvalue weighted by Crippen LogP contribution is 2.39. The molecule has 6 nitrogen and oxygen atoms in total. The van der Waals surface area contributed by atoms with E-state index in [0.29, 0.717) is 35.1 Å². The van der Waals surface area contributed by atoms with Gasteiger partial charge in [0.15, 0.2) is 5.13 Å². The molecule has 2 heterocycles. The molecule has 1 aliphatic rings. The molecule has 0 spiro atoms. The van der Waals surface area contributed by atoms with E-state index in [1.54, 1.807) is 18.9 Å². The Morgan fingerprint density at radius 1 is 1.20 bits per heavy atom. The zero-order valence-corrected chi connectivity index (χ0v) is 17.4. The first-order valence-corrected chi connectivity index (χ1v) is 10.3. The van der Waals surface area contributed by atoms with Crippen molar-refractivity contribution in [1.82, 2.24) is 9.88 Å². The quantitative estimate of drug-likeness (QED) is 0.675. The predicted octanol–water partition coefficient (Wildman–Crippen LogP) is 4.33. The second-order valence-electron chi connectivity index (χ2n) is 6.92. The van der Waals surface area contributed by atoms with E-state index in [1.807, 2.05) is 12.1 Å². The number of fused-ring (bicyclic) bond motifs is 1. The molecule has 0 unspecified atom stereocenters. The van der Waals surface area contributed by atoms with Crippen LogP contribution in [-0.2, 0) is 4.79 Å². The lowest BCUT2D eigenvalue weighted by Gasteiger charge is -2.25. The molecule has 0 atom stereocenters. The predicted molar refractivity (Wildman–Crippen MR) is 115 cm³/mol. The first kappa shape index (κ1) is 20.0. The van der Waals surface area contributed by atoms with Crippen LogP contribution >= 0.6 is 11.3 Å². The third kappa shape index (κ3) is 3.91. The van der Waals surface area contributed by atoms with Crippen LogP contribution < -0.4 is 10.1 Å². The van der Waals surface area contributed by atoms with Crippen LogP contribution in [-0.4, -0.2) is 41.9 Å². The van der Waals surface area contributed by atoms with Gasteiger partial charge in [-0.05, 0) is 54.0 Å². The van der Waals surface area contributed by atoms with Crippen molar-refractivity contribution in [1.29, 1.82) is 0 Å². The van der Waals surface area contributed by atoms with E-state index in [9.17, 15) is 14.0 Å². The van der Waals surface area contributed by atoms with Gasteiger partial charge in [-0.25, -0.2) is 9.37 Å². The molecular weight excluding hydrogens is 405 g/mol. The summed E-state index contributed by atoms with van der Waals surface area (Å²) in [6.45, 7) is 2.82. The monoisotopic (exact) mass is 425 g/mol. The number of hydrogen-bond acceptors (Lipinski definition) is 5. The van der Waals surface area contributed by atoms with Crippen LogP contribution in [0.1, 0.15) is 29.3 Å². The smallest absolute Gasteiger partial charge is 0.257 e. The lowest BCUT2D eigenvalue weighted by Crippen LogP contribution is -2.32. The number of carbonyl (C=O) groups excluding carboxylic acids is 2. The van der Waals surface area contributed by atoms with Crippen molar-refractivity contribution in [2.45, 2.75) is 13.3 Å². The molecule has 4 rings (SSSR count). The third-order valence-corrected chi connectivity index (χ3v) is 6.06. The highest BCUT2D eigenvalue weighted by molar-refractivity contribution is 7.22. The topological polar surface area (TPSA) is 71.5 Å². The lowest BCUT2D eigenvalue weighted by atomic mass is 9.99. The van der Waals surface area contributed by atoms with Crippen molar-refractivity contribution in [3.05, 3.63) is 59.4 Å². The Hall–Kier alpha value is -3.26. The van der Waals surface area contributed by atoms with Crippen molar-refractivity contribution in [3.8, 4) is 5.75 Å². The number of halogens is 1. The van der Waals surface area contributed by atoms with Crippen LogP contribution in [0.3, 0.4) is 0 Å². The molecule has 0 saturated carbocycles. The minimum Gasteiger partial charge on any atom is -0.494 e. The van der Waals surface area contributed by atoms with Gasteiger partial charge in [0.25, 0.3) is 5.91 Å². The van der Waals surface area contributed by atoms with E-state index in [-0.39, 0.29) is 11.8 Å². The average molecular weight is 425 g/mol. The molecule has 0 fully saturated rings. The molecule has 8 heteroatoms. The number of nitrogens with zero attached hydrogens (tertiary/aromatic N) is 2. The number of ether oxygens (including phenoxy) is 1. The number of aromatic nitrogens is 1. The second-order valence-corrected chi connectivity index (χ2v) is 7.92. The molecule has 30 heavy (non-hydrogen) atoms. The fourth-order valence-electron chi connectivity index (χ4n) is 3.42. The first-order chi connectivity index (χ1) is 14.5. The van der Waals surface area contributed by atoms with Crippen LogP contribution in [0.2, 0.25) is 0 Å². The number of carbonyl (C=O) groups is 2. The molecule has 0 aliphatic carbocycles. The molecular formula is C22H20FN3O3S. The van der Waals surface area contributed by atoms with Crippen LogP contribution in [0, 0.1) is 5.82 Å². The number of rotatable bonds is 4. The molecule has 1 aromatic heterocycles. The summed E-state index contributed by atoms with van der Waals surface area (Å²) in [5.41, 5.74) is 3.18. The summed E-state index contributed by atoms with van der Waals surface area (Å²) in [6.07, 6.45) is 2.80. The summed E-state index contributed by atoms with van der Waals surface area (Å²) >= 11 is 1.36. The number of thiazole rings is 1. The Morgan fingerprint density at radius 2 is 1.97 bits per heavy atom. The second kappa shape index (κ2) is 8.23. The number of hydrogen-bond donors (Lipinski definition) is 1. The molecule has 3 aromatic rings. The fraction of sp³-hybridized carbons (Fsp3) is 0.227. The molecule has 154 valence electrons. The van der Waals surface area contributed by atoms with E-state index in [2.05, 4.69) is 16.4 Å². The average Bonchev–Trinajstić information content (AvgIpc) is 3.17. The van der Waals surface area contributed by atoms with Crippen molar-refractivity contribution in [3.63, 3.8) is 0 Å². The van der Waals surface area contributed by atoms with E-state index < -0.39 is 5.82 Å². The van der Waals surface area contributed by atoms with Gasteiger partial charge in [0.1, 0.15) is 17.1 Å². The Bertz CT molecular complexity index is 1150. The van der Waals surface area contributed by atoms with Crippen LogP contribution in [0.4, 0.5) is 9.52 Å². The Morgan fingerprint density at radius 3 is 2.60 bits per heavy atom. The van der Waals surface area contributed by atoms with Crippen molar-refractivity contribution in [2.24, 2.45) is 0 Å². The summed E-state index contributed by atoms with van der Waals surface area (Å²) in [5.74, 6) is -0.0728. The maximum atomic E-state index is 13.1. The minimum absolute atomic E-state index is 0.0637. The maximum absolute atomic E-state index is 13.1. The molecule has 0 radical (unpaired) electrons. The standard InChI is InChI=1S/C22H20FN3O3S/c1-13(27)26-11-9-14(10-12-26)17-7-8-18(29-2)19-20(17)30-22(24-19)25-21(28)15-3-5-16(23)6-4-15/h3-9H,10-12H2,1-2H3,(H,24,25,28). The Kier molecular flexibility index (Phi) is 5.50. The van der Waals surface area contributed by atoms with Crippen LogP contribution in [0.5, 0.6) is 5.75 Å². The van der Waals surface area contributed by atoms with E-state index in [0.717, 1.165) is 22.3 Å². The SMILES string of the molecule is COc1ccc(C2=CCN(C(C)=O)CC2)c2sc(NC(=O)c3ccc(F)cc3)nc12. The summed E-state index contributed by atoms with van der Waals surface area (Å²) in [7, 11) is 1.58. The number of benzene rings is 2. The fourth-order valence-corrected chi connectivity index (χ4v) is 4.45. The van der Waals surface area contributed by atoms with Gasteiger partial charge in [0, 0.05) is 25.6 Å². The van der Waals surface area contributed by atoms with Gasteiger partial charge < -0.3 is 9.64 Å². The Balaban J connectivity index is 1.67. The van der Waals surface area contributed by atoms with Crippen molar-refractivity contribution < 1.29 is 18.7 Å². The highest BCUT2D eigenvalue weighted by Gasteiger charge is 2.20. The minimum atomic E-state index is -0.398. The van der Waals surface area contributed by atoms with Gasteiger partial charge in [0.05, 0.1) is 11.8 Å². The molecule has 0 bridgehead atoms. The summed E-state index contributed by atoms with van der Waals surface area (Å²) in [5, 5.41) is 3.23.